The van der Waals surface area contributed by atoms with Crippen molar-refractivity contribution < 1.29 is 13.6 Å². The number of fused-ring (bicyclic) bond motifs is 2. The SMILES string of the molecule is C=CC(=O)N1CCN(c2nc(N3C=C(N(C)C)C3)nc3c(F)c(-c4ccc(F)c5sc(N)nc45)c(Cl)cc23)CC1. The predicted octanol–water partition coefficient (Wildman–Crippen LogP) is 4.48. The van der Waals surface area contributed by atoms with Gasteiger partial charge in [-0.05, 0) is 24.3 Å². The Hall–Kier alpha value is -4.03. The second kappa shape index (κ2) is 9.86. The van der Waals surface area contributed by atoms with Gasteiger partial charge in [0.25, 0.3) is 0 Å². The molecule has 40 heavy (non-hydrogen) atoms. The highest BCUT2D eigenvalue weighted by Crippen LogP contribution is 2.43. The van der Waals surface area contributed by atoms with Crippen LogP contribution in [0, 0.1) is 11.6 Å². The molecule has 6 rings (SSSR count). The molecule has 0 spiro atoms. The van der Waals surface area contributed by atoms with Crippen LogP contribution < -0.4 is 15.5 Å². The molecule has 2 aromatic carbocycles. The Morgan fingerprint density at radius 3 is 2.55 bits per heavy atom. The van der Waals surface area contributed by atoms with Crippen LogP contribution in [-0.2, 0) is 4.79 Å². The van der Waals surface area contributed by atoms with Crippen LogP contribution in [0.3, 0.4) is 0 Å². The first-order valence-electron chi connectivity index (χ1n) is 12.5. The number of nitrogen functional groups attached to an aromatic ring is 1. The first kappa shape index (κ1) is 26.2. The molecule has 13 heteroatoms. The third-order valence-electron chi connectivity index (χ3n) is 7.17. The van der Waals surface area contributed by atoms with Crippen LogP contribution in [-0.4, -0.2) is 77.5 Å². The fourth-order valence-electron chi connectivity index (χ4n) is 4.96. The molecule has 9 nitrogen and oxygen atoms in total. The number of hydrogen-bond acceptors (Lipinski definition) is 9. The second-order valence-corrected chi connectivity index (χ2v) is 11.2. The van der Waals surface area contributed by atoms with Gasteiger partial charge in [-0.15, -0.1) is 0 Å². The number of amides is 1. The van der Waals surface area contributed by atoms with Crippen LogP contribution in [0.2, 0.25) is 5.02 Å². The molecule has 0 aliphatic carbocycles. The number of hydrogen-bond donors (Lipinski definition) is 1. The van der Waals surface area contributed by atoms with E-state index in [1.807, 2.05) is 35.0 Å². The lowest BCUT2D eigenvalue weighted by Gasteiger charge is -2.37. The van der Waals surface area contributed by atoms with Crippen molar-refractivity contribution >= 4 is 66.9 Å². The largest absolute Gasteiger partial charge is 0.378 e. The lowest BCUT2D eigenvalue weighted by molar-refractivity contribution is -0.126. The lowest BCUT2D eigenvalue weighted by Crippen LogP contribution is -2.48. The number of likely N-dealkylation sites (N-methyl/N-ethyl adjacent to an activating group) is 1. The zero-order chi connectivity index (χ0) is 28.3. The summed E-state index contributed by atoms with van der Waals surface area (Å²) in [6.45, 7) is 6.04. The lowest BCUT2D eigenvalue weighted by atomic mass is 10.0. The van der Waals surface area contributed by atoms with Gasteiger partial charge in [0.05, 0.1) is 21.8 Å². The molecule has 0 radical (unpaired) electrons. The highest BCUT2D eigenvalue weighted by atomic mass is 35.5. The number of anilines is 3. The summed E-state index contributed by atoms with van der Waals surface area (Å²) in [4.78, 5) is 33.4. The predicted molar refractivity (Wildman–Crippen MR) is 156 cm³/mol. The monoisotopic (exact) mass is 582 g/mol. The number of piperazine rings is 1. The number of halogens is 3. The standard InChI is InChI=1S/C27H25ClF2N8OS/c1-4-19(39)36-7-9-37(10-8-36)25-16-11-17(28)20(15-5-6-18(29)24-23(15)32-26(31)40-24)21(30)22(16)33-27(34-25)38-12-14(13-38)35(2)3/h4-6,11-12H,1,7-10,13H2,2-3H3,(H2,31,32). The van der Waals surface area contributed by atoms with Crippen LogP contribution in [0.4, 0.5) is 25.7 Å². The van der Waals surface area contributed by atoms with Crippen molar-refractivity contribution in [3.8, 4) is 11.1 Å². The van der Waals surface area contributed by atoms with E-state index in [0.717, 1.165) is 17.0 Å². The minimum absolute atomic E-state index is 0.0644. The van der Waals surface area contributed by atoms with Crippen LogP contribution in [0.25, 0.3) is 32.2 Å². The molecule has 2 N–H and O–H groups in total. The van der Waals surface area contributed by atoms with E-state index >= 15 is 4.39 Å². The molecule has 4 aromatic rings. The molecular weight excluding hydrogens is 558 g/mol. The normalized spacial score (nSPS) is 15.4. The van der Waals surface area contributed by atoms with Crippen molar-refractivity contribution in [2.45, 2.75) is 0 Å². The van der Waals surface area contributed by atoms with E-state index in [1.54, 1.807) is 11.0 Å². The minimum Gasteiger partial charge on any atom is -0.378 e. The van der Waals surface area contributed by atoms with E-state index in [-0.39, 0.29) is 37.4 Å². The van der Waals surface area contributed by atoms with Crippen LogP contribution in [0.15, 0.2) is 42.8 Å². The molecule has 4 heterocycles. The van der Waals surface area contributed by atoms with Gasteiger partial charge in [-0.2, -0.15) is 4.98 Å². The highest BCUT2D eigenvalue weighted by molar-refractivity contribution is 7.22. The van der Waals surface area contributed by atoms with E-state index in [9.17, 15) is 9.18 Å². The van der Waals surface area contributed by atoms with Gasteiger partial charge >= 0.3 is 0 Å². The number of thiazole rings is 1. The maximum atomic E-state index is 16.5. The summed E-state index contributed by atoms with van der Waals surface area (Å²) in [7, 11) is 3.89. The zero-order valence-corrected chi connectivity index (χ0v) is 23.4. The Labute approximate surface area is 237 Å². The minimum atomic E-state index is -0.662. The molecule has 0 atom stereocenters. The maximum Gasteiger partial charge on any atom is 0.246 e. The first-order valence-corrected chi connectivity index (χ1v) is 13.7. The fraction of sp³-hybridized carbons (Fsp3) is 0.259. The Morgan fingerprint density at radius 1 is 1.15 bits per heavy atom. The number of benzene rings is 2. The van der Waals surface area contributed by atoms with Gasteiger partial charge in [-0.1, -0.05) is 29.5 Å². The Kier molecular flexibility index (Phi) is 6.46. The van der Waals surface area contributed by atoms with E-state index in [2.05, 4.69) is 16.5 Å². The third-order valence-corrected chi connectivity index (χ3v) is 8.36. The van der Waals surface area contributed by atoms with Crippen LogP contribution in [0.1, 0.15) is 0 Å². The summed E-state index contributed by atoms with van der Waals surface area (Å²) in [5.41, 5.74) is 7.65. The van der Waals surface area contributed by atoms with Gasteiger partial charge in [-0.25, -0.2) is 18.7 Å². The smallest absolute Gasteiger partial charge is 0.246 e. The molecular formula is C27H25ClF2N8OS. The van der Waals surface area contributed by atoms with Gasteiger partial charge in [0, 0.05) is 68.7 Å². The molecule has 1 saturated heterocycles. The summed E-state index contributed by atoms with van der Waals surface area (Å²) in [5, 5.41) is 0.717. The van der Waals surface area contributed by atoms with Crippen molar-refractivity contribution in [3.63, 3.8) is 0 Å². The zero-order valence-electron chi connectivity index (χ0n) is 21.8. The van der Waals surface area contributed by atoms with Crippen molar-refractivity contribution in [1.82, 2.24) is 24.8 Å². The first-order chi connectivity index (χ1) is 19.2. The quantitative estimate of drug-likeness (QED) is 0.344. The van der Waals surface area contributed by atoms with Gasteiger partial charge in [-0.3, -0.25) is 4.79 Å². The van der Waals surface area contributed by atoms with E-state index in [0.29, 0.717) is 55.4 Å². The van der Waals surface area contributed by atoms with Gasteiger partial charge < -0.3 is 25.3 Å². The Morgan fingerprint density at radius 2 is 1.88 bits per heavy atom. The summed E-state index contributed by atoms with van der Waals surface area (Å²) in [6.07, 6.45) is 3.20. The van der Waals surface area contributed by atoms with E-state index < -0.39 is 11.6 Å². The van der Waals surface area contributed by atoms with Crippen molar-refractivity contribution in [2.24, 2.45) is 0 Å². The van der Waals surface area contributed by atoms with Crippen molar-refractivity contribution in [1.29, 1.82) is 0 Å². The number of carbonyl (C=O) groups excluding carboxylic acids is 1. The number of rotatable bonds is 5. The summed E-state index contributed by atoms with van der Waals surface area (Å²) < 4.78 is 31.3. The molecule has 2 aliphatic heterocycles. The highest BCUT2D eigenvalue weighted by Gasteiger charge is 2.29. The van der Waals surface area contributed by atoms with Crippen LogP contribution >= 0.6 is 22.9 Å². The topological polar surface area (TPSA) is 94.7 Å². The van der Waals surface area contributed by atoms with E-state index in [4.69, 9.17) is 22.3 Å². The number of carbonyl (C=O) groups is 1. The average molecular weight is 583 g/mol. The summed E-state index contributed by atoms with van der Waals surface area (Å²) in [5.74, 6) is -0.432. The second-order valence-electron chi connectivity index (χ2n) is 9.77. The summed E-state index contributed by atoms with van der Waals surface area (Å²) in [6, 6.07) is 4.34. The number of nitrogens with zero attached hydrogens (tertiary/aromatic N) is 7. The van der Waals surface area contributed by atoms with Crippen molar-refractivity contribution in [3.05, 3.63) is 59.4 Å². The molecule has 0 unspecified atom stereocenters. The molecule has 0 saturated carbocycles. The third kappa shape index (κ3) is 4.27. The number of nitrogens with two attached hydrogens (primary N) is 1. The fourth-order valence-corrected chi connectivity index (χ4v) is 6.02. The van der Waals surface area contributed by atoms with Gasteiger partial charge in [0.1, 0.15) is 17.2 Å². The Balaban J connectivity index is 1.52. The average Bonchev–Trinajstić information content (AvgIpc) is 3.31. The van der Waals surface area contributed by atoms with E-state index in [1.165, 1.54) is 18.2 Å². The molecule has 1 fully saturated rings. The Bertz CT molecular complexity index is 1730. The van der Waals surface area contributed by atoms with Crippen LogP contribution in [0.5, 0.6) is 0 Å². The van der Waals surface area contributed by atoms with Gasteiger partial charge in [0.15, 0.2) is 10.9 Å². The molecule has 2 aliphatic rings. The van der Waals surface area contributed by atoms with Crippen molar-refractivity contribution in [2.75, 3.05) is 62.4 Å². The molecule has 0 bridgehead atoms. The molecule has 206 valence electrons. The van der Waals surface area contributed by atoms with Gasteiger partial charge in [0.2, 0.25) is 11.9 Å². The molecule has 1 amide bonds. The number of aromatic nitrogens is 3. The maximum absolute atomic E-state index is 16.5. The summed E-state index contributed by atoms with van der Waals surface area (Å²) >= 11 is 7.72. The molecule has 2 aromatic heterocycles.